The number of primary sulfonamides is 1. The Bertz CT molecular complexity index is 771. The van der Waals surface area contributed by atoms with Crippen LogP contribution in [0.3, 0.4) is 0 Å². The lowest BCUT2D eigenvalue weighted by atomic mass is 10.2. The minimum atomic E-state index is -3.63. The van der Waals surface area contributed by atoms with Gasteiger partial charge in [-0.25, -0.2) is 18.5 Å². The van der Waals surface area contributed by atoms with E-state index in [0.717, 1.165) is 38.4 Å². The maximum absolute atomic E-state index is 11.3. The Balaban J connectivity index is 0.00000208. The Labute approximate surface area is 151 Å². The molecule has 24 heavy (non-hydrogen) atoms. The van der Waals surface area contributed by atoms with Gasteiger partial charge in [-0.05, 0) is 24.3 Å². The van der Waals surface area contributed by atoms with Gasteiger partial charge in [0.2, 0.25) is 10.0 Å². The third-order valence-corrected chi connectivity index (χ3v) is 5.59. The lowest BCUT2D eigenvalue weighted by Crippen LogP contribution is -2.45. The average molecular weight is 390 g/mol. The fourth-order valence-electron chi connectivity index (χ4n) is 2.63. The largest absolute Gasteiger partial charge is 0.375 e. The summed E-state index contributed by atoms with van der Waals surface area (Å²) in [6, 6.07) is 6.72. The number of nitrogen functional groups attached to an aromatic ring is 1. The van der Waals surface area contributed by atoms with E-state index < -0.39 is 10.0 Å². The maximum atomic E-state index is 11.3. The Morgan fingerprint density at radius 1 is 1.12 bits per heavy atom. The third kappa shape index (κ3) is 4.58. The predicted molar refractivity (Wildman–Crippen MR) is 99.1 cm³/mol. The van der Waals surface area contributed by atoms with E-state index in [9.17, 15) is 8.42 Å². The van der Waals surface area contributed by atoms with Crippen molar-refractivity contribution >= 4 is 44.6 Å². The lowest BCUT2D eigenvalue weighted by molar-refractivity contribution is 0.252. The van der Waals surface area contributed by atoms with Crippen LogP contribution >= 0.6 is 23.7 Å². The molecule has 1 saturated heterocycles. The second-order valence-corrected chi connectivity index (χ2v) is 8.18. The van der Waals surface area contributed by atoms with Crippen molar-refractivity contribution in [3.05, 3.63) is 35.3 Å². The van der Waals surface area contributed by atoms with Gasteiger partial charge in [-0.2, -0.15) is 0 Å². The molecule has 1 fully saturated rings. The predicted octanol–water partition coefficient (Wildman–Crippen LogP) is 1.12. The van der Waals surface area contributed by atoms with Crippen LogP contribution in [0.2, 0.25) is 0 Å². The fraction of sp³-hybridized carbons (Fsp3) is 0.357. The van der Waals surface area contributed by atoms with Crippen molar-refractivity contribution < 1.29 is 8.42 Å². The molecule has 2 heterocycles. The topological polar surface area (TPSA) is 106 Å². The lowest BCUT2D eigenvalue weighted by Gasteiger charge is -2.35. The number of anilines is 2. The smallest absolute Gasteiger partial charge is 0.238 e. The Morgan fingerprint density at radius 3 is 2.25 bits per heavy atom. The van der Waals surface area contributed by atoms with Crippen molar-refractivity contribution in [1.82, 2.24) is 9.88 Å². The second kappa shape index (κ2) is 7.66. The molecule has 132 valence electrons. The number of benzene rings is 1. The van der Waals surface area contributed by atoms with E-state index >= 15 is 0 Å². The van der Waals surface area contributed by atoms with Gasteiger partial charge in [0.1, 0.15) is 0 Å². The first-order valence-corrected chi connectivity index (χ1v) is 9.58. The van der Waals surface area contributed by atoms with Gasteiger partial charge in [-0.1, -0.05) is 0 Å². The molecule has 3 rings (SSSR count). The average Bonchev–Trinajstić information content (AvgIpc) is 2.92. The summed E-state index contributed by atoms with van der Waals surface area (Å²) < 4.78 is 22.6. The molecule has 4 N–H and O–H groups in total. The van der Waals surface area contributed by atoms with Crippen LogP contribution in [0.1, 0.15) is 4.88 Å². The number of rotatable bonds is 4. The van der Waals surface area contributed by atoms with Gasteiger partial charge >= 0.3 is 0 Å². The number of piperazine rings is 1. The minimum Gasteiger partial charge on any atom is -0.375 e. The number of hydrogen-bond acceptors (Lipinski definition) is 7. The highest BCUT2D eigenvalue weighted by Crippen LogP contribution is 2.21. The number of sulfonamides is 1. The summed E-state index contributed by atoms with van der Waals surface area (Å²) in [6.07, 6.45) is 1.83. The minimum absolute atomic E-state index is 0. The van der Waals surface area contributed by atoms with Crippen molar-refractivity contribution in [2.75, 3.05) is 36.8 Å². The number of aromatic nitrogens is 1. The van der Waals surface area contributed by atoms with E-state index in [0.29, 0.717) is 5.13 Å². The third-order valence-electron chi connectivity index (χ3n) is 3.85. The highest BCUT2D eigenvalue weighted by atomic mass is 35.5. The van der Waals surface area contributed by atoms with E-state index in [4.69, 9.17) is 10.9 Å². The summed E-state index contributed by atoms with van der Waals surface area (Å²) in [5.41, 5.74) is 6.67. The molecule has 1 aromatic carbocycles. The summed E-state index contributed by atoms with van der Waals surface area (Å²) in [4.78, 5) is 9.99. The number of nitrogens with two attached hydrogens (primary N) is 2. The van der Waals surface area contributed by atoms with Crippen molar-refractivity contribution in [2.45, 2.75) is 11.4 Å². The molecular formula is C14H20ClN5O2S2. The van der Waals surface area contributed by atoms with Crippen LogP contribution in [0.15, 0.2) is 35.4 Å². The monoisotopic (exact) mass is 389 g/mol. The second-order valence-electron chi connectivity index (χ2n) is 5.47. The van der Waals surface area contributed by atoms with E-state index in [1.54, 1.807) is 24.3 Å². The van der Waals surface area contributed by atoms with E-state index in [1.807, 2.05) is 6.20 Å². The van der Waals surface area contributed by atoms with Crippen molar-refractivity contribution in [3.8, 4) is 0 Å². The van der Waals surface area contributed by atoms with Gasteiger partial charge in [0, 0.05) is 49.5 Å². The highest BCUT2D eigenvalue weighted by Gasteiger charge is 2.18. The van der Waals surface area contributed by atoms with Crippen molar-refractivity contribution in [3.63, 3.8) is 0 Å². The zero-order chi connectivity index (χ0) is 16.4. The first-order chi connectivity index (χ1) is 10.9. The van der Waals surface area contributed by atoms with Gasteiger partial charge in [-0.3, -0.25) is 4.90 Å². The van der Waals surface area contributed by atoms with Crippen LogP contribution in [-0.2, 0) is 16.6 Å². The highest BCUT2D eigenvalue weighted by molar-refractivity contribution is 7.89. The van der Waals surface area contributed by atoms with Crippen LogP contribution in [0.4, 0.5) is 10.8 Å². The van der Waals surface area contributed by atoms with Gasteiger partial charge in [0.15, 0.2) is 5.13 Å². The number of halogens is 1. The molecule has 0 amide bonds. The van der Waals surface area contributed by atoms with Crippen molar-refractivity contribution in [1.29, 1.82) is 0 Å². The molecule has 1 aliphatic heterocycles. The molecule has 1 aromatic heterocycles. The summed E-state index contributed by atoms with van der Waals surface area (Å²) >= 11 is 1.53. The normalized spacial score (nSPS) is 16.0. The van der Waals surface area contributed by atoms with Crippen LogP contribution < -0.4 is 15.8 Å². The zero-order valence-corrected chi connectivity index (χ0v) is 15.4. The summed E-state index contributed by atoms with van der Waals surface area (Å²) in [7, 11) is -3.63. The maximum Gasteiger partial charge on any atom is 0.238 e. The van der Waals surface area contributed by atoms with Gasteiger partial charge in [0.05, 0.1) is 4.90 Å². The van der Waals surface area contributed by atoms with E-state index in [1.165, 1.54) is 16.2 Å². The van der Waals surface area contributed by atoms with Gasteiger partial charge in [0.25, 0.3) is 0 Å². The van der Waals surface area contributed by atoms with Crippen LogP contribution in [0.5, 0.6) is 0 Å². The molecule has 0 unspecified atom stereocenters. The molecule has 0 aliphatic carbocycles. The Kier molecular flexibility index (Phi) is 6.05. The van der Waals surface area contributed by atoms with Gasteiger partial charge in [-0.15, -0.1) is 23.7 Å². The summed E-state index contributed by atoms with van der Waals surface area (Å²) in [5.74, 6) is 0. The number of thiazole rings is 1. The molecule has 10 heteroatoms. The van der Waals surface area contributed by atoms with Gasteiger partial charge < -0.3 is 10.6 Å². The molecule has 0 spiro atoms. The molecule has 0 saturated carbocycles. The number of hydrogen-bond donors (Lipinski definition) is 2. The Hall–Kier alpha value is -1.39. The SMILES string of the molecule is Cl.Nc1ncc(CN2CCN(c3ccc(S(N)(=O)=O)cc3)CC2)s1. The molecule has 0 bridgehead atoms. The standard InChI is InChI=1S/C14H19N5O2S2.ClH/c15-14-17-9-12(22-14)10-18-5-7-19(8-6-18)11-1-3-13(4-2-11)23(16,20)21;/h1-4,9H,5-8,10H2,(H2,15,17)(H2,16,20,21);1H. The first-order valence-electron chi connectivity index (χ1n) is 7.22. The molecule has 0 radical (unpaired) electrons. The summed E-state index contributed by atoms with van der Waals surface area (Å²) in [5, 5.41) is 5.72. The zero-order valence-electron chi connectivity index (χ0n) is 13.0. The van der Waals surface area contributed by atoms with Crippen molar-refractivity contribution in [2.24, 2.45) is 5.14 Å². The summed E-state index contributed by atoms with van der Waals surface area (Å²) in [6.45, 7) is 4.53. The van der Waals surface area contributed by atoms with E-state index in [-0.39, 0.29) is 17.3 Å². The Morgan fingerprint density at radius 2 is 1.75 bits per heavy atom. The molecular weight excluding hydrogens is 370 g/mol. The molecule has 2 aromatic rings. The van der Waals surface area contributed by atoms with Crippen LogP contribution in [0, 0.1) is 0 Å². The number of nitrogens with zero attached hydrogens (tertiary/aromatic N) is 3. The molecule has 7 nitrogen and oxygen atoms in total. The molecule has 0 atom stereocenters. The first kappa shape index (κ1) is 18.9. The van der Waals surface area contributed by atoms with Crippen LogP contribution in [0.25, 0.3) is 0 Å². The quantitative estimate of drug-likeness (QED) is 0.811. The fourth-order valence-corrected chi connectivity index (χ4v) is 3.87. The molecule has 1 aliphatic rings. The van der Waals surface area contributed by atoms with E-state index in [2.05, 4.69) is 14.8 Å². The van der Waals surface area contributed by atoms with Crippen LogP contribution in [-0.4, -0.2) is 44.5 Å².